The van der Waals surface area contributed by atoms with Crippen LogP contribution >= 0.6 is 0 Å². The molecule has 0 radical (unpaired) electrons. The molecule has 1 aromatic rings. The van der Waals surface area contributed by atoms with Crippen molar-refractivity contribution in [2.45, 2.75) is 83.1 Å². The summed E-state index contributed by atoms with van der Waals surface area (Å²) in [7, 11) is 0. The van der Waals surface area contributed by atoms with Gasteiger partial charge in [0.05, 0.1) is 0 Å². The summed E-state index contributed by atoms with van der Waals surface area (Å²) in [6.07, 6.45) is 11.4. The molecule has 2 rings (SSSR count). The zero-order valence-electron chi connectivity index (χ0n) is 15.9. The highest BCUT2D eigenvalue weighted by molar-refractivity contribution is 5.77. The largest absolute Gasteiger partial charge is 0.481 e. The number of unbranched alkanes of at least 4 members (excludes halogenated alkanes) is 4. The van der Waals surface area contributed by atoms with E-state index in [0.29, 0.717) is 18.4 Å². The smallest absolute Gasteiger partial charge is 0.303 e. The van der Waals surface area contributed by atoms with E-state index in [-0.39, 0.29) is 6.42 Å². The number of benzene rings is 1. The summed E-state index contributed by atoms with van der Waals surface area (Å²) in [5.74, 6) is -0.401. The third kappa shape index (κ3) is 7.59. The molecule has 0 aliphatic carbocycles. The van der Waals surface area contributed by atoms with Crippen LogP contribution < -0.4 is 0 Å². The maximum absolute atomic E-state index is 12.3. The summed E-state index contributed by atoms with van der Waals surface area (Å²) in [6, 6.07) is 11.0. The van der Waals surface area contributed by atoms with Crippen LogP contribution in [0.5, 0.6) is 0 Å². The van der Waals surface area contributed by atoms with Gasteiger partial charge in [0.2, 0.25) is 5.91 Å². The van der Waals surface area contributed by atoms with E-state index in [9.17, 15) is 9.59 Å². The lowest BCUT2D eigenvalue weighted by atomic mass is 9.95. The number of aryl methyl sites for hydroxylation is 1. The fourth-order valence-corrected chi connectivity index (χ4v) is 3.87. The Bertz CT molecular complexity index is 544. The Balaban J connectivity index is 1.66. The van der Waals surface area contributed by atoms with E-state index >= 15 is 0 Å². The van der Waals surface area contributed by atoms with Crippen molar-refractivity contribution < 1.29 is 14.7 Å². The van der Waals surface area contributed by atoms with Crippen molar-refractivity contribution >= 4 is 11.9 Å². The van der Waals surface area contributed by atoms with Crippen LogP contribution in [0, 0.1) is 0 Å². The number of carbonyl (C=O) groups excluding carboxylic acids is 1. The van der Waals surface area contributed by atoms with Crippen LogP contribution in [0.4, 0.5) is 0 Å². The Morgan fingerprint density at radius 2 is 1.81 bits per heavy atom. The van der Waals surface area contributed by atoms with E-state index in [4.69, 9.17) is 5.11 Å². The van der Waals surface area contributed by atoms with Crippen molar-refractivity contribution in [2.75, 3.05) is 6.54 Å². The van der Waals surface area contributed by atoms with E-state index in [1.54, 1.807) is 0 Å². The molecule has 1 fully saturated rings. The van der Waals surface area contributed by atoms with Gasteiger partial charge in [0.1, 0.15) is 0 Å². The van der Waals surface area contributed by atoms with E-state index in [2.05, 4.69) is 35.2 Å². The number of rotatable bonds is 12. The first-order valence-electron chi connectivity index (χ1n) is 10.2. The number of hydrogen-bond acceptors (Lipinski definition) is 2. The van der Waals surface area contributed by atoms with Gasteiger partial charge in [-0.2, -0.15) is 0 Å². The van der Waals surface area contributed by atoms with Crippen LogP contribution in [0.3, 0.4) is 0 Å². The minimum Gasteiger partial charge on any atom is -0.481 e. The van der Waals surface area contributed by atoms with Crippen molar-refractivity contribution in [1.82, 2.24) is 4.90 Å². The van der Waals surface area contributed by atoms with E-state index in [0.717, 1.165) is 57.9 Å². The Morgan fingerprint density at radius 3 is 2.58 bits per heavy atom. The van der Waals surface area contributed by atoms with Gasteiger partial charge in [-0.25, -0.2) is 0 Å². The molecule has 26 heavy (non-hydrogen) atoms. The van der Waals surface area contributed by atoms with Crippen LogP contribution in [0.15, 0.2) is 30.3 Å². The fraction of sp³-hybridized carbons (Fsp3) is 0.636. The Morgan fingerprint density at radius 1 is 1.04 bits per heavy atom. The highest BCUT2D eigenvalue weighted by atomic mass is 16.4. The molecule has 1 amide bonds. The molecule has 1 aliphatic heterocycles. The quantitative estimate of drug-likeness (QED) is 0.545. The molecular weight excluding hydrogens is 326 g/mol. The predicted molar refractivity (Wildman–Crippen MR) is 104 cm³/mol. The second-order valence-electron chi connectivity index (χ2n) is 7.42. The number of hydrogen-bond donors (Lipinski definition) is 1. The van der Waals surface area contributed by atoms with Gasteiger partial charge in [0, 0.05) is 25.4 Å². The van der Waals surface area contributed by atoms with Crippen molar-refractivity contribution in [3.63, 3.8) is 0 Å². The van der Waals surface area contributed by atoms with Crippen molar-refractivity contribution in [3.8, 4) is 0 Å². The number of likely N-dealkylation sites (tertiary alicyclic amines) is 1. The lowest BCUT2D eigenvalue weighted by Gasteiger charge is -2.36. The molecule has 0 spiro atoms. The molecule has 0 aromatic heterocycles. The molecule has 1 atom stereocenters. The maximum Gasteiger partial charge on any atom is 0.303 e. The summed E-state index contributed by atoms with van der Waals surface area (Å²) in [5, 5.41) is 8.67. The highest BCUT2D eigenvalue weighted by Crippen LogP contribution is 2.23. The second kappa shape index (κ2) is 11.7. The van der Waals surface area contributed by atoms with Crippen LogP contribution in [-0.2, 0) is 16.0 Å². The number of piperidine rings is 1. The summed E-state index contributed by atoms with van der Waals surface area (Å²) >= 11 is 0. The number of nitrogens with zero attached hydrogens (tertiary/aromatic N) is 1. The van der Waals surface area contributed by atoms with Crippen molar-refractivity contribution in [1.29, 1.82) is 0 Å². The number of aliphatic carboxylic acids is 1. The normalized spacial score (nSPS) is 17.5. The average Bonchev–Trinajstić information content (AvgIpc) is 2.64. The SMILES string of the molecule is O=C(O)CCCCCCN1C(=O)CCCC1CCCCc1ccccc1. The lowest BCUT2D eigenvalue weighted by molar-refractivity contribution is -0.137. The summed E-state index contributed by atoms with van der Waals surface area (Å²) < 4.78 is 0. The topological polar surface area (TPSA) is 57.6 Å². The van der Waals surface area contributed by atoms with Crippen LogP contribution in [-0.4, -0.2) is 34.5 Å². The van der Waals surface area contributed by atoms with E-state index in [1.165, 1.54) is 18.4 Å². The zero-order valence-corrected chi connectivity index (χ0v) is 15.9. The molecule has 4 heteroatoms. The first-order chi connectivity index (χ1) is 12.7. The van der Waals surface area contributed by atoms with Gasteiger partial charge in [0.15, 0.2) is 0 Å². The van der Waals surface area contributed by atoms with Gasteiger partial charge in [-0.15, -0.1) is 0 Å². The van der Waals surface area contributed by atoms with Gasteiger partial charge >= 0.3 is 5.97 Å². The molecule has 1 N–H and O–H groups in total. The van der Waals surface area contributed by atoms with Crippen LogP contribution in [0.1, 0.15) is 76.2 Å². The van der Waals surface area contributed by atoms with Crippen molar-refractivity contribution in [3.05, 3.63) is 35.9 Å². The zero-order chi connectivity index (χ0) is 18.6. The second-order valence-corrected chi connectivity index (χ2v) is 7.42. The van der Waals surface area contributed by atoms with Gasteiger partial charge in [-0.3, -0.25) is 9.59 Å². The highest BCUT2D eigenvalue weighted by Gasteiger charge is 2.26. The number of carboxylic acid groups (broad SMARTS) is 1. The Kier molecular flexibility index (Phi) is 9.22. The standard InChI is InChI=1S/C22H33NO3/c24-21-16-10-15-20(14-8-7-13-19-11-4-3-5-12-19)23(21)18-9-2-1-6-17-22(25)26/h3-5,11-12,20H,1-2,6-10,13-18H2,(H,25,26). The number of amides is 1. The van der Waals surface area contributed by atoms with E-state index < -0.39 is 5.97 Å². The Labute approximate surface area is 157 Å². The lowest BCUT2D eigenvalue weighted by Crippen LogP contribution is -2.44. The molecule has 144 valence electrons. The first-order valence-corrected chi connectivity index (χ1v) is 10.2. The van der Waals surface area contributed by atoms with Crippen LogP contribution in [0.25, 0.3) is 0 Å². The average molecular weight is 360 g/mol. The third-order valence-electron chi connectivity index (χ3n) is 5.32. The predicted octanol–water partition coefficient (Wildman–Crippen LogP) is 4.82. The van der Waals surface area contributed by atoms with Gasteiger partial charge in [-0.1, -0.05) is 49.6 Å². The minimum atomic E-state index is -0.716. The van der Waals surface area contributed by atoms with E-state index in [1.807, 2.05) is 0 Å². The minimum absolute atomic E-state index is 0.257. The molecule has 1 aliphatic rings. The van der Waals surface area contributed by atoms with Crippen LogP contribution in [0.2, 0.25) is 0 Å². The number of carboxylic acids is 1. The summed E-state index contributed by atoms with van der Waals surface area (Å²) in [4.78, 5) is 25.0. The summed E-state index contributed by atoms with van der Waals surface area (Å²) in [6.45, 7) is 0.843. The molecule has 0 bridgehead atoms. The van der Waals surface area contributed by atoms with Gasteiger partial charge in [0.25, 0.3) is 0 Å². The monoisotopic (exact) mass is 359 g/mol. The molecular formula is C22H33NO3. The Hall–Kier alpha value is -1.84. The maximum atomic E-state index is 12.3. The fourth-order valence-electron chi connectivity index (χ4n) is 3.87. The molecule has 1 unspecified atom stereocenters. The van der Waals surface area contributed by atoms with Gasteiger partial charge in [-0.05, 0) is 50.5 Å². The molecule has 1 aromatic carbocycles. The molecule has 0 saturated carbocycles. The number of carbonyl (C=O) groups is 2. The first kappa shape index (κ1) is 20.5. The van der Waals surface area contributed by atoms with Gasteiger partial charge < -0.3 is 10.0 Å². The molecule has 4 nitrogen and oxygen atoms in total. The third-order valence-corrected chi connectivity index (χ3v) is 5.32. The molecule has 1 saturated heterocycles. The molecule has 1 heterocycles. The van der Waals surface area contributed by atoms with Crippen molar-refractivity contribution in [2.24, 2.45) is 0 Å². The summed E-state index contributed by atoms with van der Waals surface area (Å²) in [5.41, 5.74) is 1.39.